The molecule has 0 spiro atoms. The van der Waals surface area contributed by atoms with E-state index in [9.17, 15) is 13.2 Å². The Bertz CT molecular complexity index is 923. The van der Waals surface area contributed by atoms with E-state index in [0.717, 1.165) is 23.1 Å². The zero-order chi connectivity index (χ0) is 20.2. The number of hydrogen-bond donors (Lipinski definition) is 1. The molecular formula is C20H26N2O4S. The molecule has 27 heavy (non-hydrogen) atoms. The minimum atomic E-state index is -3.40. The maximum Gasteiger partial charge on any atom is 0.251 e. The van der Waals surface area contributed by atoms with Gasteiger partial charge in [0.2, 0.25) is 10.0 Å². The van der Waals surface area contributed by atoms with E-state index in [2.05, 4.69) is 5.32 Å². The van der Waals surface area contributed by atoms with Crippen molar-refractivity contribution in [3.05, 3.63) is 59.2 Å². The van der Waals surface area contributed by atoms with E-state index in [0.29, 0.717) is 17.8 Å². The minimum Gasteiger partial charge on any atom is -0.491 e. The van der Waals surface area contributed by atoms with Crippen LogP contribution in [-0.4, -0.2) is 33.7 Å². The first-order valence-electron chi connectivity index (χ1n) is 8.66. The number of amides is 1. The van der Waals surface area contributed by atoms with Crippen LogP contribution in [0.15, 0.2) is 42.5 Å². The fourth-order valence-electron chi connectivity index (χ4n) is 2.55. The van der Waals surface area contributed by atoms with Gasteiger partial charge >= 0.3 is 0 Å². The molecule has 0 aromatic heterocycles. The van der Waals surface area contributed by atoms with Gasteiger partial charge in [-0.3, -0.25) is 9.10 Å². The number of aryl methyl sites for hydroxylation is 1. The minimum absolute atomic E-state index is 0.0765. The average Bonchev–Trinajstić information content (AvgIpc) is 2.58. The van der Waals surface area contributed by atoms with Gasteiger partial charge < -0.3 is 10.1 Å². The fourth-order valence-corrected chi connectivity index (χ4v) is 3.11. The van der Waals surface area contributed by atoms with Crippen LogP contribution in [0.2, 0.25) is 0 Å². The van der Waals surface area contributed by atoms with Crippen LogP contribution < -0.4 is 14.4 Å². The smallest absolute Gasteiger partial charge is 0.251 e. The molecule has 0 aliphatic rings. The third-order valence-corrected chi connectivity index (χ3v) is 5.22. The first-order valence-corrected chi connectivity index (χ1v) is 10.5. The maximum absolute atomic E-state index is 12.5. The number of hydrogen-bond acceptors (Lipinski definition) is 4. The molecule has 1 amide bonds. The molecule has 2 rings (SSSR count). The molecular weight excluding hydrogens is 364 g/mol. The number of anilines is 1. The normalized spacial score (nSPS) is 11.3. The molecule has 0 bridgehead atoms. The van der Waals surface area contributed by atoms with Crippen LogP contribution >= 0.6 is 0 Å². The largest absolute Gasteiger partial charge is 0.491 e. The first-order chi connectivity index (χ1) is 12.6. The number of ether oxygens (including phenoxy) is 1. The molecule has 0 unspecified atom stereocenters. The van der Waals surface area contributed by atoms with Crippen molar-refractivity contribution < 1.29 is 17.9 Å². The van der Waals surface area contributed by atoms with Gasteiger partial charge in [0.25, 0.3) is 5.91 Å². The summed E-state index contributed by atoms with van der Waals surface area (Å²) in [5.74, 6) is 0.484. The van der Waals surface area contributed by atoms with Gasteiger partial charge in [-0.25, -0.2) is 8.42 Å². The number of rotatable bonds is 7. The summed E-state index contributed by atoms with van der Waals surface area (Å²) in [4.78, 5) is 12.5. The van der Waals surface area contributed by atoms with E-state index >= 15 is 0 Å². The zero-order valence-corrected chi connectivity index (χ0v) is 17.1. The van der Waals surface area contributed by atoms with Gasteiger partial charge in [0.15, 0.2) is 0 Å². The van der Waals surface area contributed by atoms with Crippen LogP contribution in [0.3, 0.4) is 0 Å². The Hall–Kier alpha value is -2.54. The van der Waals surface area contributed by atoms with E-state index in [1.807, 2.05) is 38.1 Å². The van der Waals surface area contributed by atoms with Crippen LogP contribution in [0, 0.1) is 6.92 Å². The summed E-state index contributed by atoms with van der Waals surface area (Å²) in [6.45, 7) is 6.06. The van der Waals surface area contributed by atoms with Crippen molar-refractivity contribution in [2.24, 2.45) is 0 Å². The van der Waals surface area contributed by atoms with Crippen LogP contribution in [-0.2, 0) is 16.6 Å². The highest BCUT2D eigenvalue weighted by Crippen LogP contribution is 2.23. The summed E-state index contributed by atoms with van der Waals surface area (Å²) in [5.41, 5.74) is 2.58. The number of carbonyl (C=O) groups excluding carboxylic acids is 1. The molecule has 7 heteroatoms. The monoisotopic (exact) mass is 390 g/mol. The third kappa shape index (κ3) is 5.72. The van der Waals surface area contributed by atoms with Gasteiger partial charge in [0.05, 0.1) is 18.0 Å². The number of benzene rings is 2. The van der Waals surface area contributed by atoms with Gasteiger partial charge in [-0.05, 0) is 56.2 Å². The predicted molar refractivity (Wildman–Crippen MR) is 108 cm³/mol. The van der Waals surface area contributed by atoms with Gasteiger partial charge in [0, 0.05) is 19.2 Å². The molecule has 0 atom stereocenters. The van der Waals surface area contributed by atoms with Crippen LogP contribution in [0.4, 0.5) is 5.69 Å². The van der Waals surface area contributed by atoms with Crippen molar-refractivity contribution >= 4 is 21.6 Å². The molecule has 0 saturated carbocycles. The summed E-state index contributed by atoms with van der Waals surface area (Å²) in [6.07, 6.45) is 1.21. The second kappa shape index (κ2) is 8.43. The van der Waals surface area contributed by atoms with Crippen LogP contribution in [0.25, 0.3) is 0 Å². The third-order valence-electron chi connectivity index (χ3n) is 4.03. The number of carbonyl (C=O) groups is 1. The molecule has 0 heterocycles. The summed E-state index contributed by atoms with van der Waals surface area (Å²) >= 11 is 0. The Kier molecular flexibility index (Phi) is 6.49. The Morgan fingerprint density at radius 2 is 1.89 bits per heavy atom. The Labute approximate surface area is 161 Å². The lowest BCUT2D eigenvalue weighted by atomic mass is 10.1. The van der Waals surface area contributed by atoms with Gasteiger partial charge in [-0.1, -0.05) is 18.2 Å². The molecule has 0 saturated heterocycles. The molecule has 0 aliphatic heterocycles. The maximum atomic E-state index is 12.5. The van der Waals surface area contributed by atoms with E-state index in [4.69, 9.17) is 4.74 Å². The number of nitrogens with zero attached hydrogens (tertiary/aromatic N) is 1. The summed E-state index contributed by atoms with van der Waals surface area (Å²) in [5, 5.41) is 2.86. The molecule has 2 aromatic carbocycles. The van der Waals surface area contributed by atoms with E-state index < -0.39 is 10.0 Å². The second-order valence-electron chi connectivity index (χ2n) is 6.73. The van der Waals surface area contributed by atoms with E-state index in [-0.39, 0.29) is 12.0 Å². The quantitative estimate of drug-likeness (QED) is 0.788. The standard InChI is InChI=1S/C20H26N2O4S/c1-14(2)26-18-8-6-7-16(11-18)13-21-20(23)17-10-9-15(3)19(12-17)22(4)27(5,24)25/h6-12,14H,13H2,1-5H3,(H,21,23). The molecule has 2 aromatic rings. The topological polar surface area (TPSA) is 75.7 Å². The highest BCUT2D eigenvalue weighted by atomic mass is 32.2. The van der Waals surface area contributed by atoms with Gasteiger partial charge in [-0.15, -0.1) is 0 Å². The van der Waals surface area contributed by atoms with Crippen LogP contribution in [0.1, 0.15) is 35.3 Å². The van der Waals surface area contributed by atoms with Crippen molar-refractivity contribution in [3.63, 3.8) is 0 Å². The molecule has 0 radical (unpaired) electrons. The van der Waals surface area contributed by atoms with Gasteiger partial charge in [0.1, 0.15) is 5.75 Å². The van der Waals surface area contributed by atoms with Crippen molar-refractivity contribution in [3.8, 4) is 5.75 Å². The first kappa shape index (κ1) is 20.8. The lowest BCUT2D eigenvalue weighted by Crippen LogP contribution is -2.27. The summed E-state index contributed by atoms with van der Waals surface area (Å²) < 4.78 is 30.4. The van der Waals surface area contributed by atoms with E-state index in [1.54, 1.807) is 25.1 Å². The Morgan fingerprint density at radius 3 is 2.52 bits per heavy atom. The average molecular weight is 391 g/mol. The van der Waals surface area contributed by atoms with Crippen molar-refractivity contribution in [1.29, 1.82) is 0 Å². The molecule has 1 N–H and O–H groups in total. The summed E-state index contributed by atoms with van der Waals surface area (Å²) in [7, 11) is -1.93. The molecule has 146 valence electrons. The fraction of sp³-hybridized carbons (Fsp3) is 0.350. The molecule has 0 fully saturated rings. The number of nitrogens with one attached hydrogen (secondary N) is 1. The molecule has 0 aliphatic carbocycles. The highest BCUT2D eigenvalue weighted by molar-refractivity contribution is 7.92. The van der Waals surface area contributed by atoms with E-state index in [1.165, 1.54) is 11.4 Å². The highest BCUT2D eigenvalue weighted by Gasteiger charge is 2.16. The SMILES string of the molecule is Cc1ccc(C(=O)NCc2cccc(OC(C)C)c2)cc1N(C)S(C)(=O)=O. The Morgan fingerprint density at radius 1 is 1.19 bits per heavy atom. The van der Waals surface area contributed by atoms with Gasteiger partial charge in [-0.2, -0.15) is 0 Å². The van der Waals surface area contributed by atoms with Crippen molar-refractivity contribution in [1.82, 2.24) is 5.32 Å². The lowest BCUT2D eigenvalue weighted by Gasteiger charge is -2.19. The molecule has 6 nitrogen and oxygen atoms in total. The van der Waals surface area contributed by atoms with Crippen LogP contribution in [0.5, 0.6) is 5.75 Å². The summed E-state index contributed by atoms with van der Waals surface area (Å²) in [6, 6.07) is 12.6. The van der Waals surface area contributed by atoms with Crippen molar-refractivity contribution in [2.45, 2.75) is 33.4 Å². The Balaban J connectivity index is 2.13. The lowest BCUT2D eigenvalue weighted by molar-refractivity contribution is 0.0951. The zero-order valence-electron chi connectivity index (χ0n) is 16.3. The second-order valence-corrected chi connectivity index (χ2v) is 8.74. The number of sulfonamides is 1. The predicted octanol–water partition coefficient (Wildman–Crippen LogP) is 3.11. The van der Waals surface area contributed by atoms with Crippen molar-refractivity contribution in [2.75, 3.05) is 17.6 Å².